The van der Waals surface area contributed by atoms with Crippen molar-refractivity contribution in [1.82, 2.24) is 9.72 Å². The first kappa shape index (κ1) is 37.4. The molecule has 0 aromatic heterocycles. The minimum absolute atomic E-state index is 0.539. The number of hydrogen-bond donors (Lipinski definition) is 2. The third-order valence-electron chi connectivity index (χ3n) is 8.31. The molecular weight excluding hydrogens is 735 g/mol. The van der Waals surface area contributed by atoms with Gasteiger partial charge in [-0.2, -0.15) is 0 Å². The molecule has 0 radical (unpaired) electrons. The van der Waals surface area contributed by atoms with Crippen LogP contribution in [0.25, 0.3) is 0 Å². The van der Waals surface area contributed by atoms with Crippen LogP contribution >= 0.6 is 23.7 Å². The Bertz CT molecular complexity index is 2190. The van der Waals surface area contributed by atoms with E-state index in [-0.39, 0.29) is 0 Å². The first-order valence-corrected chi connectivity index (χ1v) is 22.9. The number of nitrogens with zero attached hydrogens (tertiary/aromatic N) is 1. The molecule has 0 spiro atoms. The van der Waals surface area contributed by atoms with E-state index in [2.05, 4.69) is 9.72 Å². The summed E-state index contributed by atoms with van der Waals surface area (Å²) in [6.07, 6.45) is 0. The van der Waals surface area contributed by atoms with Gasteiger partial charge in [0.05, 0.1) is 0 Å². The van der Waals surface area contributed by atoms with Gasteiger partial charge in [0.15, 0.2) is 0 Å². The predicted molar refractivity (Wildman–Crippen MR) is 223 cm³/mol. The molecule has 0 saturated heterocycles. The van der Waals surface area contributed by atoms with Gasteiger partial charge in [-0.15, -0.1) is 0 Å². The van der Waals surface area contributed by atoms with Crippen molar-refractivity contribution in [3.63, 3.8) is 0 Å². The van der Waals surface area contributed by atoms with Crippen LogP contribution in [-0.4, -0.2) is 0 Å². The van der Waals surface area contributed by atoms with Gasteiger partial charge in [-0.25, -0.2) is 0 Å². The first-order chi connectivity index (χ1) is 26.0. The van der Waals surface area contributed by atoms with E-state index in [1.165, 1.54) is 0 Å². The van der Waals surface area contributed by atoms with Gasteiger partial charge in [-0.05, 0) is 0 Å². The molecule has 0 fully saturated rings. The molecule has 0 amide bonds. The van der Waals surface area contributed by atoms with E-state index in [9.17, 15) is 0 Å². The summed E-state index contributed by atoms with van der Waals surface area (Å²) in [6, 6.07) is 46.7. The van der Waals surface area contributed by atoms with E-state index in [1.54, 1.807) is 0 Å². The molecule has 0 unspecified atom stereocenters. The summed E-state index contributed by atoms with van der Waals surface area (Å²) in [5, 5.41) is 0. The molecule has 6 aromatic carbocycles. The van der Waals surface area contributed by atoms with E-state index in [0.29, 0.717) is 34.5 Å². The Labute approximate surface area is 319 Å². The average Bonchev–Trinajstić information content (AvgIpc) is 3.08. The van der Waals surface area contributed by atoms with Crippen molar-refractivity contribution in [1.29, 1.82) is 0 Å². The summed E-state index contributed by atoms with van der Waals surface area (Å²) in [4.78, 5) is 7.34. The third kappa shape index (κ3) is 9.43. The number of benzene rings is 6. The summed E-state index contributed by atoms with van der Waals surface area (Å²) in [6.45, 7) is 12.1. The van der Waals surface area contributed by atoms with Crippen LogP contribution in [-0.2, 0) is 0 Å². The molecule has 0 atom stereocenters. The fourth-order valence-electron chi connectivity index (χ4n) is 5.98. The summed E-state index contributed by atoms with van der Waals surface area (Å²) in [7, 11) is -12.1. The second kappa shape index (κ2) is 15.8. The SMILES string of the molecule is Cc1cccc(OP2(Oc3cccc(C)c3)=N[PH](Oc3cccc(C)c3)(Oc3cccc(C)c3)N[PH](Oc3cccc(C)c3)(Oc3cccc(C)c3)N2)c1. The van der Waals surface area contributed by atoms with Crippen LogP contribution in [0.5, 0.6) is 34.5 Å². The zero-order chi connectivity index (χ0) is 37.8. The van der Waals surface area contributed by atoms with Gasteiger partial charge < -0.3 is 0 Å². The minimum atomic E-state index is -4.23. The van der Waals surface area contributed by atoms with Crippen molar-refractivity contribution in [2.75, 3.05) is 0 Å². The van der Waals surface area contributed by atoms with Crippen molar-refractivity contribution in [3.8, 4) is 34.5 Å². The Hall–Kier alpha value is -4.87. The van der Waals surface area contributed by atoms with Crippen LogP contribution in [0.2, 0.25) is 0 Å². The topological polar surface area (TPSA) is 91.8 Å². The number of rotatable bonds is 12. The van der Waals surface area contributed by atoms with Gasteiger partial charge in [0.2, 0.25) is 0 Å². The maximum absolute atomic E-state index is 7.10. The molecule has 1 aliphatic heterocycles. The van der Waals surface area contributed by atoms with Crippen molar-refractivity contribution in [3.05, 3.63) is 179 Å². The van der Waals surface area contributed by atoms with E-state index >= 15 is 0 Å². The molecule has 12 heteroatoms. The molecule has 7 rings (SSSR count). The predicted octanol–water partition coefficient (Wildman–Crippen LogP) is 12.3. The molecule has 280 valence electrons. The van der Waals surface area contributed by atoms with E-state index < -0.39 is 23.7 Å². The first-order valence-electron chi connectivity index (χ1n) is 17.7. The van der Waals surface area contributed by atoms with Crippen LogP contribution in [0.1, 0.15) is 33.4 Å². The maximum atomic E-state index is 7.10. The average molecular weight is 782 g/mol. The number of hydrogen-bond acceptors (Lipinski definition) is 9. The van der Waals surface area contributed by atoms with E-state index in [1.807, 2.05) is 187 Å². The molecule has 54 heavy (non-hydrogen) atoms. The molecule has 1 heterocycles. The quantitative estimate of drug-likeness (QED) is 0.119. The molecule has 6 aromatic rings. The number of nitrogens with one attached hydrogen (secondary N) is 2. The fraction of sp³-hybridized carbons (Fsp3) is 0.143. The zero-order valence-corrected chi connectivity index (χ0v) is 34.1. The summed E-state index contributed by atoms with van der Waals surface area (Å²) in [5.74, 6) is 3.30. The van der Waals surface area contributed by atoms with Crippen LogP contribution in [0.15, 0.2) is 150 Å². The van der Waals surface area contributed by atoms with E-state index in [0.717, 1.165) is 33.4 Å². The normalized spacial score (nSPS) is 16.5. The van der Waals surface area contributed by atoms with Gasteiger partial charge in [-0.3, -0.25) is 0 Å². The Balaban J connectivity index is 1.53. The van der Waals surface area contributed by atoms with Crippen molar-refractivity contribution >= 4 is 23.7 Å². The van der Waals surface area contributed by atoms with Gasteiger partial charge in [0.1, 0.15) is 0 Å². The van der Waals surface area contributed by atoms with Gasteiger partial charge in [0.25, 0.3) is 0 Å². The van der Waals surface area contributed by atoms with Crippen LogP contribution in [0.3, 0.4) is 0 Å². The third-order valence-corrected chi connectivity index (χ3v) is 18.3. The van der Waals surface area contributed by atoms with Gasteiger partial charge in [-0.1, -0.05) is 0 Å². The Morgan fingerprint density at radius 3 is 1.04 bits per heavy atom. The molecule has 0 aliphatic carbocycles. The monoisotopic (exact) mass is 781 g/mol. The van der Waals surface area contributed by atoms with Crippen LogP contribution in [0.4, 0.5) is 0 Å². The Kier molecular flexibility index (Phi) is 11.0. The van der Waals surface area contributed by atoms with Crippen molar-refractivity contribution in [2.24, 2.45) is 4.52 Å². The van der Waals surface area contributed by atoms with Crippen molar-refractivity contribution < 1.29 is 27.1 Å². The van der Waals surface area contributed by atoms with Gasteiger partial charge in [0, 0.05) is 0 Å². The number of aryl methyl sites for hydroxylation is 6. The Morgan fingerprint density at radius 1 is 0.407 bits per heavy atom. The molecular formula is C42H46N3O6P3. The summed E-state index contributed by atoms with van der Waals surface area (Å²) >= 11 is 0. The second-order valence-electron chi connectivity index (χ2n) is 13.5. The molecule has 9 nitrogen and oxygen atoms in total. The van der Waals surface area contributed by atoms with Crippen molar-refractivity contribution in [2.45, 2.75) is 41.5 Å². The molecule has 1 aliphatic rings. The van der Waals surface area contributed by atoms with E-state index in [4.69, 9.17) is 31.7 Å². The molecule has 0 saturated carbocycles. The van der Waals surface area contributed by atoms with Crippen LogP contribution in [0, 0.1) is 41.5 Å². The van der Waals surface area contributed by atoms with Crippen LogP contribution < -0.4 is 36.9 Å². The molecule has 2 N–H and O–H groups in total. The molecule has 0 bridgehead atoms. The zero-order valence-electron chi connectivity index (χ0n) is 31.2. The fourth-order valence-corrected chi connectivity index (χ4v) is 17.5. The Morgan fingerprint density at radius 2 is 0.704 bits per heavy atom. The van der Waals surface area contributed by atoms with Gasteiger partial charge >= 0.3 is 320 Å². The summed E-state index contributed by atoms with van der Waals surface area (Å²) < 4.78 is 47.9. The summed E-state index contributed by atoms with van der Waals surface area (Å²) in [5.41, 5.74) is 6.03. The standard InChI is InChI=1S/C42H46N3O6P3/c1-31-13-7-19-37(25-31)46-52(47-38-20-8-14-32(2)26-38)43-53(48-39-21-9-15-33(3)27-39,49-40-22-10-16-34(4)28-40)45-54(44-52,50-41-23-11-17-35(5)29-41)51-42-24-12-18-36(6)30-42/h7-30,43-44,52-53H,1-6H3. The second-order valence-corrected chi connectivity index (χ2v) is 20.9.